The summed E-state index contributed by atoms with van der Waals surface area (Å²) in [5.41, 5.74) is 2.96. The summed E-state index contributed by atoms with van der Waals surface area (Å²) < 4.78 is 7.24. The van der Waals surface area contributed by atoms with Gasteiger partial charge in [-0.1, -0.05) is 18.2 Å². The molecular formula is C23H26N4O3. The highest BCUT2D eigenvalue weighted by molar-refractivity contribution is 5.95. The van der Waals surface area contributed by atoms with E-state index in [4.69, 9.17) is 4.74 Å². The lowest BCUT2D eigenvalue weighted by atomic mass is 10.1. The Morgan fingerprint density at radius 1 is 0.933 bits per heavy atom. The zero-order valence-corrected chi connectivity index (χ0v) is 17.5. The van der Waals surface area contributed by atoms with E-state index in [-0.39, 0.29) is 12.0 Å². The van der Waals surface area contributed by atoms with Crippen LogP contribution < -0.4 is 0 Å². The second-order valence-electron chi connectivity index (χ2n) is 8.44. The molecule has 0 atom stereocenters. The number of aromatic nitrogens is 2. The molecular weight excluding hydrogens is 380 g/mol. The third-order valence-corrected chi connectivity index (χ3v) is 5.02. The van der Waals surface area contributed by atoms with E-state index in [1.54, 1.807) is 9.80 Å². The molecule has 1 fully saturated rings. The third kappa shape index (κ3) is 4.30. The van der Waals surface area contributed by atoms with E-state index in [1.807, 2.05) is 80.0 Å². The van der Waals surface area contributed by atoms with Crippen molar-refractivity contribution in [1.29, 1.82) is 0 Å². The summed E-state index contributed by atoms with van der Waals surface area (Å²) in [4.78, 5) is 28.5. The Kier molecular flexibility index (Phi) is 5.20. The number of hydrogen-bond acceptors (Lipinski definition) is 4. The van der Waals surface area contributed by atoms with Gasteiger partial charge in [-0.05, 0) is 51.1 Å². The van der Waals surface area contributed by atoms with Crippen LogP contribution in [0.4, 0.5) is 4.79 Å². The van der Waals surface area contributed by atoms with Gasteiger partial charge in [0.2, 0.25) is 0 Å². The fourth-order valence-electron chi connectivity index (χ4n) is 3.46. The Hall–Kier alpha value is -3.35. The minimum Gasteiger partial charge on any atom is -0.444 e. The van der Waals surface area contributed by atoms with Crippen LogP contribution in [0.3, 0.4) is 0 Å². The van der Waals surface area contributed by atoms with Crippen LogP contribution in [-0.4, -0.2) is 63.2 Å². The first-order valence-corrected chi connectivity index (χ1v) is 10.1. The van der Waals surface area contributed by atoms with Crippen LogP contribution in [0.25, 0.3) is 16.8 Å². The molecule has 1 aliphatic heterocycles. The van der Waals surface area contributed by atoms with Gasteiger partial charge in [-0.3, -0.25) is 4.79 Å². The monoisotopic (exact) mass is 406 g/mol. The Morgan fingerprint density at radius 2 is 1.60 bits per heavy atom. The maximum Gasteiger partial charge on any atom is 0.410 e. The van der Waals surface area contributed by atoms with Crippen LogP contribution in [0.5, 0.6) is 0 Å². The van der Waals surface area contributed by atoms with E-state index in [0.29, 0.717) is 31.7 Å². The lowest BCUT2D eigenvalue weighted by molar-refractivity contribution is 0.0141. The molecule has 7 heteroatoms. The quantitative estimate of drug-likeness (QED) is 0.651. The number of piperazine rings is 1. The maximum absolute atomic E-state index is 12.9. The fourth-order valence-corrected chi connectivity index (χ4v) is 3.46. The largest absolute Gasteiger partial charge is 0.444 e. The van der Waals surface area contributed by atoms with Crippen LogP contribution in [0.15, 0.2) is 54.7 Å². The molecule has 1 saturated heterocycles. The minimum absolute atomic E-state index is 0.0274. The highest BCUT2D eigenvalue weighted by Gasteiger charge is 2.28. The second kappa shape index (κ2) is 7.82. The molecule has 4 rings (SSSR count). The van der Waals surface area contributed by atoms with Crippen molar-refractivity contribution in [1.82, 2.24) is 19.4 Å². The summed E-state index contributed by atoms with van der Waals surface area (Å²) in [5, 5.41) is 4.57. The van der Waals surface area contributed by atoms with Crippen molar-refractivity contribution in [3.63, 3.8) is 0 Å². The molecule has 0 bridgehead atoms. The standard InChI is InChI=1S/C23H26N4O3/c1-23(2,3)30-22(29)26-14-12-25(13-15-26)21(28)18-9-7-17(8-10-18)20-16-19-6-4-5-11-27(19)24-20/h4-11,16H,12-15H2,1-3H3. The minimum atomic E-state index is -0.521. The van der Waals surface area contributed by atoms with Crippen molar-refractivity contribution in [3.05, 3.63) is 60.3 Å². The number of amides is 2. The first-order chi connectivity index (χ1) is 14.3. The number of rotatable bonds is 2. The van der Waals surface area contributed by atoms with Gasteiger partial charge in [0.15, 0.2) is 0 Å². The smallest absolute Gasteiger partial charge is 0.410 e. The van der Waals surface area contributed by atoms with Crippen molar-refractivity contribution >= 4 is 17.5 Å². The van der Waals surface area contributed by atoms with Crippen LogP contribution in [0.2, 0.25) is 0 Å². The highest BCUT2D eigenvalue weighted by Crippen LogP contribution is 2.21. The molecule has 0 N–H and O–H groups in total. The van der Waals surface area contributed by atoms with Gasteiger partial charge in [-0.25, -0.2) is 9.31 Å². The fraction of sp³-hybridized carbons (Fsp3) is 0.348. The molecule has 3 heterocycles. The number of carbonyl (C=O) groups is 2. The van der Waals surface area contributed by atoms with Gasteiger partial charge in [-0.15, -0.1) is 0 Å². The van der Waals surface area contributed by atoms with E-state index in [2.05, 4.69) is 5.10 Å². The summed E-state index contributed by atoms with van der Waals surface area (Å²) in [5.74, 6) is -0.0274. The lowest BCUT2D eigenvalue weighted by Gasteiger charge is -2.35. The zero-order chi connectivity index (χ0) is 21.3. The summed E-state index contributed by atoms with van der Waals surface area (Å²) >= 11 is 0. The molecule has 0 unspecified atom stereocenters. The van der Waals surface area contributed by atoms with Crippen molar-refractivity contribution in [2.45, 2.75) is 26.4 Å². The molecule has 0 saturated carbocycles. The SMILES string of the molecule is CC(C)(C)OC(=O)N1CCN(C(=O)c2ccc(-c3cc4ccccn4n3)cc2)CC1. The highest BCUT2D eigenvalue weighted by atomic mass is 16.6. The van der Waals surface area contributed by atoms with Gasteiger partial charge in [0, 0.05) is 43.5 Å². The van der Waals surface area contributed by atoms with E-state index in [9.17, 15) is 9.59 Å². The molecule has 0 spiro atoms. The van der Waals surface area contributed by atoms with Gasteiger partial charge in [0.1, 0.15) is 5.60 Å². The normalized spacial score (nSPS) is 14.8. The topological polar surface area (TPSA) is 67.2 Å². The van der Waals surface area contributed by atoms with Crippen LogP contribution in [0, 0.1) is 0 Å². The van der Waals surface area contributed by atoms with Gasteiger partial charge < -0.3 is 14.5 Å². The number of fused-ring (bicyclic) bond motifs is 1. The molecule has 0 radical (unpaired) electrons. The summed E-state index contributed by atoms with van der Waals surface area (Å²) in [6, 6.07) is 15.5. The van der Waals surface area contributed by atoms with E-state index < -0.39 is 5.60 Å². The average molecular weight is 406 g/mol. The van der Waals surface area contributed by atoms with Crippen LogP contribution >= 0.6 is 0 Å². The van der Waals surface area contributed by atoms with E-state index in [1.165, 1.54) is 0 Å². The van der Waals surface area contributed by atoms with Crippen molar-refractivity contribution in [3.8, 4) is 11.3 Å². The molecule has 30 heavy (non-hydrogen) atoms. The number of nitrogens with zero attached hydrogens (tertiary/aromatic N) is 4. The van der Waals surface area contributed by atoms with E-state index >= 15 is 0 Å². The summed E-state index contributed by atoms with van der Waals surface area (Å²) in [6.45, 7) is 7.47. The molecule has 156 valence electrons. The van der Waals surface area contributed by atoms with Crippen molar-refractivity contribution in [2.24, 2.45) is 0 Å². The molecule has 2 amide bonds. The van der Waals surface area contributed by atoms with E-state index in [0.717, 1.165) is 16.8 Å². The maximum atomic E-state index is 12.9. The number of carbonyl (C=O) groups excluding carboxylic acids is 2. The van der Waals surface area contributed by atoms with Crippen molar-refractivity contribution < 1.29 is 14.3 Å². The summed E-state index contributed by atoms with van der Waals surface area (Å²) in [6.07, 6.45) is 1.58. The molecule has 1 aliphatic rings. The zero-order valence-electron chi connectivity index (χ0n) is 17.5. The predicted molar refractivity (Wildman–Crippen MR) is 114 cm³/mol. The number of ether oxygens (including phenoxy) is 1. The van der Waals surface area contributed by atoms with Gasteiger partial charge in [-0.2, -0.15) is 5.10 Å². The first-order valence-electron chi connectivity index (χ1n) is 10.1. The Balaban J connectivity index is 1.39. The molecule has 3 aromatic rings. The van der Waals surface area contributed by atoms with Crippen LogP contribution in [0.1, 0.15) is 31.1 Å². The summed E-state index contributed by atoms with van der Waals surface area (Å²) in [7, 11) is 0. The van der Waals surface area contributed by atoms with Gasteiger partial charge >= 0.3 is 6.09 Å². The predicted octanol–water partition coefficient (Wildman–Crippen LogP) is 3.69. The van der Waals surface area contributed by atoms with Gasteiger partial charge in [0.05, 0.1) is 11.2 Å². The van der Waals surface area contributed by atoms with Crippen molar-refractivity contribution in [2.75, 3.05) is 26.2 Å². The number of benzene rings is 1. The Labute approximate surface area is 175 Å². The van der Waals surface area contributed by atoms with Crippen LogP contribution in [-0.2, 0) is 4.74 Å². The molecule has 2 aromatic heterocycles. The first kappa shape index (κ1) is 19.9. The lowest BCUT2D eigenvalue weighted by Crippen LogP contribution is -2.51. The molecule has 0 aliphatic carbocycles. The third-order valence-electron chi connectivity index (χ3n) is 5.02. The molecule has 7 nitrogen and oxygen atoms in total. The Bertz CT molecular complexity index is 1020. The molecule has 1 aromatic carbocycles. The Morgan fingerprint density at radius 3 is 2.23 bits per heavy atom. The van der Waals surface area contributed by atoms with Gasteiger partial charge in [0.25, 0.3) is 5.91 Å². The number of hydrogen-bond donors (Lipinski definition) is 0. The second-order valence-corrected chi connectivity index (χ2v) is 8.44. The number of pyridine rings is 1. The average Bonchev–Trinajstić information content (AvgIpc) is 3.16.